The molecule has 0 aromatic heterocycles. The monoisotopic (exact) mass is 835 g/mol. The van der Waals surface area contributed by atoms with Crippen LogP contribution in [0.3, 0.4) is 0 Å². The SMILES string of the molecule is CCC(=O)NCC1CC1c1c(OC)ccc2ccccc12.CCCC(=O)NC1CC1c1c(OC)ccc2ccccc12.COc1ccc2ccccc2c1C1CC1CNC(C)=O. The quantitative estimate of drug-likeness (QED) is 0.101. The standard InChI is InChI=1S/2C18H21NO2.C17H19NO2/c1-3-17(20)19-11-13-10-15(13)18-14-7-5-4-6-12(14)8-9-16(18)21-2;1-3-6-17(20)19-15-11-14(15)18-13-8-5-4-7-12(13)9-10-16(18)21-2;1-11(19)18-10-13-9-15(13)17-14-6-4-3-5-12(14)7-8-16(17)20-2/h4-9,13,15H,3,10-11H2,1-2H3,(H,19,20);4-5,7-10,14-15H,3,6,11H2,1-2H3,(H,19,20);3-8,13,15H,9-10H2,1-2H3,(H,18,19). The van der Waals surface area contributed by atoms with Crippen molar-refractivity contribution in [2.45, 2.75) is 83.1 Å². The second-order valence-electron chi connectivity index (χ2n) is 16.8. The lowest BCUT2D eigenvalue weighted by atomic mass is 9.99. The smallest absolute Gasteiger partial charge is 0.220 e. The molecule has 6 atom stereocenters. The molecule has 3 aliphatic rings. The summed E-state index contributed by atoms with van der Waals surface area (Å²) in [6.07, 6.45) is 5.28. The number of benzene rings is 6. The van der Waals surface area contributed by atoms with Gasteiger partial charge in [0.05, 0.1) is 21.3 Å². The first-order valence-electron chi connectivity index (χ1n) is 22.2. The maximum absolute atomic E-state index is 11.7. The number of amides is 3. The molecule has 3 amide bonds. The first-order chi connectivity index (χ1) is 30.2. The lowest BCUT2D eigenvalue weighted by Gasteiger charge is -2.12. The van der Waals surface area contributed by atoms with Crippen LogP contribution in [0.25, 0.3) is 32.3 Å². The molecule has 0 aliphatic heterocycles. The Kier molecular flexibility index (Phi) is 14.3. The summed E-state index contributed by atoms with van der Waals surface area (Å²) in [6, 6.07) is 37.9. The lowest BCUT2D eigenvalue weighted by molar-refractivity contribution is -0.121. The van der Waals surface area contributed by atoms with Gasteiger partial charge in [0.15, 0.2) is 0 Å². The molecule has 0 spiro atoms. The number of hydrogen-bond acceptors (Lipinski definition) is 6. The van der Waals surface area contributed by atoms with E-state index in [1.54, 1.807) is 28.3 Å². The van der Waals surface area contributed by atoms with Gasteiger partial charge in [0.1, 0.15) is 17.2 Å². The zero-order chi connectivity index (χ0) is 43.8. The molecule has 6 unspecified atom stereocenters. The van der Waals surface area contributed by atoms with Gasteiger partial charge in [0, 0.05) is 61.5 Å². The minimum absolute atomic E-state index is 0.0422. The van der Waals surface area contributed by atoms with Crippen molar-refractivity contribution in [2.24, 2.45) is 11.8 Å². The van der Waals surface area contributed by atoms with Gasteiger partial charge in [-0.1, -0.05) is 105 Å². The van der Waals surface area contributed by atoms with E-state index in [9.17, 15) is 14.4 Å². The average Bonchev–Trinajstić information content (AvgIpc) is 4.23. The van der Waals surface area contributed by atoms with Crippen LogP contribution in [0.5, 0.6) is 17.2 Å². The van der Waals surface area contributed by atoms with Gasteiger partial charge in [0.2, 0.25) is 17.7 Å². The summed E-state index contributed by atoms with van der Waals surface area (Å²) in [6.45, 7) is 7.00. The molecule has 3 saturated carbocycles. The first kappa shape index (κ1) is 44.0. The summed E-state index contributed by atoms with van der Waals surface area (Å²) >= 11 is 0. The molecule has 9 nitrogen and oxygen atoms in total. The topological polar surface area (TPSA) is 115 Å². The Bertz CT molecular complexity index is 2540. The number of hydrogen-bond donors (Lipinski definition) is 3. The third kappa shape index (κ3) is 10.3. The van der Waals surface area contributed by atoms with Crippen LogP contribution in [-0.4, -0.2) is 58.2 Å². The van der Waals surface area contributed by atoms with Crippen molar-refractivity contribution in [2.75, 3.05) is 34.4 Å². The zero-order valence-corrected chi connectivity index (χ0v) is 37.0. The van der Waals surface area contributed by atoms with Gasteiger partial charge in [-0.15, -0.1) is 0 Å². The Morgan fingerprint density at radius 2 is 0.952 bits per heavy atom. The van der Waals surface area contributed by atoms with E-state index >= 15 is 0 Å². The minimum Gasteiger partial charge on any atom is -0.496 e. The highest BCUT2D eigenvalue weighted by molar-refractivity contribution is 5.91. The number of ether oxygens (including phenoxy) is 3. The molecule has 0 radical (unpaired) electrons. The highest BCUT2D eigenvalue weighted by Crippen LogP contribution is 2.53. The largest absolute Gasteiger partial charge is 0.496 e. The Hall–Kier alpha value is -6.09. The van der Waals surface area contributed by atoms with Crippen LogP contribution in [-0.2, 0) is 14.4 Å². The van der Waals surface area contributed by atoms with E-state index in [1.165, 1.54) is 49.0 Å². The Balaban J connectivity index is 0.000000140. The number of nitrogens with one attached hydrogen (secondary N) is 3. The van der Waals surface area contributed by atoms with Gasteiger partial charge in [-0.2, -0.15) is 0 Å². The normalized spacial score (nSPS) is 20.4. The molecule has 0 bridgehead atoms. The molecule has 3 aliphatic carbocycles. The molecule has 9 rings (SSSR count). The van der Waals surface area contributed by atoms with Crippen LogP contribution in [0.4, 0.5) is 0 Å². The molecule has 324 valence electrons. The van der Waals surface area contributed by atoms with Crippen molar-refractivity contribution in [1.29, 1.82) is 0 Å². The molecular weight excluding hydrogens is 775 g/mol. The lowest BCUT2D eigenvalue weighted by Crippen LogP contribution is -2.26. The minimum atomic E-state index is 0.0422. The van der Waals surface area contributed by atoms with Crippen molar-refractivity contribution in [3.05, 3.63) is 126 Å². The molecule has 6 aromatic carbocycles. The summed E-state index contributed by atoms with van der Waals surface area (Å²) in [5.41, 5.74) is 3.82. The van der Waals surface area contributed by atoms with Gasteiger partial charge < -0.3 is 30.2 Å². The van der Waals surface area contributed by atoms with Gasteiger partial charge in [-0.25, -0.2) is 0 Å². The highest BCUT2D eigenvalue weighted by Gasteiger charge is 2.43. The molecular formula is C53H61N3O6. The number of carbonyl (C=O) groups is 3. The van der Waals surface area contributed by atoms with E-state index < -0.39 is 0 Å². The first-order valence-corrected chi connectivity index (χ1v) is 22.2. The molecule has 3 N–H and O–H groups in total. The maximum atomic E-state index is 11.7. The average molecular weight is 836 g/mol. The van der Waals surface area contributed by atoms with E-state index in [0.717, 1.165) is 56.0 Å². The van der Waals surface area contributed by atoms with Crippen molar-refractivity contribution in [3.63, 3.8) is 0 Å². The Labute approximate surface area is 365 Å². The van der Waals surface area contributed by atoms with Crippen LogP contribution >= 0.6 is 0 Å². The third-order valence-corrected chi connectivity index (χ3v) is 12.5. The number of carbonyl (C=O) groups excluding carboxylic acids is 3. The van der Waals surface area contributed by atoms with E-state index in [4.69, 9.17) is 14.2 Å². The van der Waals surface area contributed by atoms with Gasteiger partial charge in [0.25, 0.3) is 0 Å². The predicted octanol–water partition coefficient (Wildman–Crippen LogP) is 10.2. The number of fused-ring (bicyclic) bond motifs is 3. The maximum Gasteiger partial charge on any atom is 0.220 e. The second-order valence-corrected chi connectivity index (χ2v) is 16.8. The molecule has 3 fully saturated rings. The van der Waals surface area contributed by atoms with E-state index in [0.29, 0.717) is 42.4 Å². The highest BCUT2D eigenvalue weighted by atomic mass is 16.5. The van der Waals surface area contributed by atoms with Crippen LogP contribution in [0.1, 0.15) is 93.7 Å². The fraction of sp³-hybridized carbons (Fsp3) is 0.377. The molecule has 0 heterocycles. The van der Waals surface area contributed by atoms with E-state index in [-0.39, 0.29) is 23.8 Å². The van der Waals surface area contributed by atoms with E-state index in [2.05, 4.69) is 107 Å². The molecule has 0 saturated heterocycles. The molecule has 62 heavy (non-hydrogen) atoms. The van der Waals surface area contributed by atoms with Gasteiger partial charge in [-0.3, -0.25) is 14.4 Å². The summed E-state index contributed by atoms with van der Waals surface area (Å²) in [5.74, 6) is 5.57. The Morgan fingerprint density at radius 3 is 1.35 bits per heavy atom. The van der Waals surface area contributed by atoms with Crippen LogP contribution in [0, 0.1) is 11.8 Å². The molecule has 9 heteroatoms. The van der Waals surface area contributed by atoms with Crippen molar-refractivity contribution in [1.82, 2.24) is 16.0 Å². The van der Waals surface area contributed by atoms with Crippen LogP contribution < -0.4 is 30.2 Å². The van der Waals surface area contributed by atoms with Crippen molar-refractivity contribution in [3.8, 4) is 17.2 Å². The number of methoxy groups -OCH3 is 3. The summed E-state index contributed by atoms with van der Waals surface area (Å²) in [7, 11) is 5.16. The second kappa shape index (κ2) is 20.2. The number of rotatable bonds is 14. The van der Waals surface area contributed by atoms with Crippen molar-refractivity contribution >= 4 is 50.0 Å². The summed E-state index contributed by atoms with van der Waals surface area (Å²) in [4.78, 5) is 34.2. The summed E-state index contributed by atoms with van der Waals surface area (Å²) in [5, 5.41) is 16.5. The van der Waals surface area contributed by atoms with Gasteiger partial charge >= 0.3 is 0 Å². The van der Waals surface area contributed by atoms with E-state index in [1.807, 2.05) is 32.0 Å². The predicted molar refractivity (Wildman–Crippen MR) is 249 cm³/mol. The molecule has 6 aromatic rings. The fourth-order valence-corrected chi connectivity index (χ4v) is 8.99. The third-order valence-electron chi connectivity index (χ3n) is 12.5. The van der Waals surface area contributed by atoms with Crippen LogP contribution in [0.2, 0.25) is 0 Å². The Morgan fingerprint density at radius 1 is 0.532 bits per heavy atom. The summed E-state index contributed by atoms with van der Waals surface area (Å²) < 4.78 is 16.6. The fourth-order valence-electron chi connectivity index (χ4n) is 8.99. The van der Waals surface area contributed by atoms with Crippen molar-refractivity contribution < 1.29 is 28.6 Å². The van der Waals surface area contributed by atoms with Crippen LogP contribution in [0.15, 0.2) is 109 Å². The zero-order valence-electron chi connectivity index (χ0n) is 37.0. The van der Waals surface area contributed by atoms with Gasteiger partial charge in [-0.05, 0) is 99.9 Å².